The summed E-state index contributed by atoms with van der Waals surface area (Å²) in [6.07, 6.45) is 2.73. The van der Waals surface area contributed by atoms with Crippen molar-refractivity contribution in [3.05, 3.63) is 29.3 Å². The van der Waals surface area contributed by atoms with E-state index >= 15 is 0 Å². The van der Waals surface area contributed by atoms with Crippen molar-refractivity contribution in [2.45, 2.75) is 35.8 Å². The summed E-state index contributed by atoms with van der Waals surface area (Å²) in [4.78, 5) is 12.5. The van der Waals surface area contributed by atoms with E-state index in [1.165, 1.54) is 11.8 Å². The van der Waals surface area contributed by atoms with E-state index in [-0.39, 0.29) is 5.92 Å². The largest absolute Gasteiger partial charge is 0.480 e. The Morgan fingerprint density at radius 1 is 1.47 bits per heavy atom. The number of hydrogen-bond acceptors (Lipinski definition) is 2. The van der Waals surface area contributed by atoms with E-state index in [1.54, 1.807) is 12.1 Å². The van der Waals surface area contributed by atoms with Crippen molar-refractivity contribution in [3.8, 4) is 0 Å². The zero-order valence-corrected chi connectivity index (χ0v) is 11.2. The summed E-state index contributed by atoms with van der Waals surface area (Å²) in [5, 5.41) is 10.2. The number of carboxylic acids is 1. The number of aliphatic carboxylic acids is 1. The molecule has 0 radical (unpaired) electrons. The molecule has 17 heavy (non-hydrogen) atoms. The maximum Gasteiger partial charge on any atom is 0.320 e. The molecule has 0 bridgehead atoms. The molecule has 2 unspecified atom stereocenters. The Balaban J connectivity index is 2.24. The first kappa shape index (κ1) is 12.8. The Kier molecular flexibility index (Phi) is 3.69. The van der Waals surface area contributed by atoms with Crippen LogP contribution in [0.4, 0.5) is 0 Å². The van der Waals surface area contributed by atoms with Crippen molar-refractivity contribution in [1.29, 1.82) is 0 Å². The van der Waals surface area contributed by atoms with Gasteiger partial charge in [0, 0.05) is 9.92 Å². The number of carbonyl (C=O) groups is 1. The van der Waals surface area contributed by atoms with Gasteiger partial charge in [0.25, 0.3) is 0 Å². The summed E-state index contributed by atoms with van der Waals surface area (Å²) in [5.41, 5.74) is 0. The first-order valence-corrected chi connectivity index (χ1v) is 6.92. The highest BCUT2D eigenvalue weighted by atomic mass is 35.5. The fraction of sp³-hybridized carbons (Fsp3) is 0.462. The number of rotatable bonds is 3. The molecule has 2 rings (SSSR count). The van der Waals surface area contributed by atoms with Crippen molar-refractivity contribution in [1.82, 2.24) is 0 Å². The van der Waals surface area contributed by atoms with Crippen LogP contribution in [0.2, 0.25) is 5.02 Å². The predicted octanol–water partition coefficient (Wildman–Crippen LogP) is 4.08. The maximum absolute atomic E-state index is 11.6. The number of benzene rings is 1. The number of carboxylic acid groups (broad SMARTS) is 1. The van der Waals surface area contributed by atoms with Crippen LogP contribution >= 0.6 is 23.4 Å². The average Bonchev–Trinajstić information content (AvgIpc) is 2.65. The Hall–Kier alpha value is -0.670. The highest BCUT2D eigenvalue weighted by Crippen LogP contribution is 2.49. The van der Waals surface area contributed by atoms with Gasteiger partial charge in [-0.05, 0) is 43.0 Å². The van der Waals surface area contributed by atoms with Crippen LogP contribution in [0, 0.1) is 5.92 Å². The monoisotopic (exact) mass is 270 g/mol. The van der Waals surface area contributed by atoms with Gasteiger partial charge >= 0.3 is 5.97 Å². The lowest BCUT2D eigenvalue weighted by Gasteiger charge is -2.28. The molecular formula is C13H15ClO2S. The summed E-state index contributed by atoms with van der Waals surface area (Å²) in [7, 11) is 0. The van der Waals surface area contributed by atoms with Gasteiger partial charge in [0.15, 0.2) is 0 Å². The minimum atomic E-state index is -0.692. The van der Waals surface area contributed by atoms with E-state index in [2.05, 4.69) is 0 Å². The topological polar surface area (TPSA) is 37.3 Å². The number of thioether (sulfide) groups is 1. The molecule has 2 nitrogen and oxygen atoms in total. The Morgan fingerprint density at radius 3 is 2.59 bits per heavy atom. The molecule has 0 saturated heterocycles. The minimum Gasteiger partial charge on any atom is -0.480 e. The molecule has 1 N–H and O–H groups in total. The Labute approximate surface area is 110 Å². The molecule has 0 aliphatic heterocycles. The summed E-state index contributed by atoms with van der Waals surface area (Å²) < 4.78 is -0.659. The molecule has 2 atom stereocenters. The van der Waals surface area contributed by atoms with Crippen LogP contribution in [0.15, 0.2) is 29.2 Å². The van der Waals surface area contributed by atoms with Gasteiger partial charge < -0.3 is 5.11 Å². The minimum absolute atomic E-state index is 0.209. The summed E-state index contributed by atoms with van der Waals surface area (Å²) in [5.74, 6) is -0.483. The fourth-order valence-electron chi connectivity index (χ4n) is 2.38. The van der Waals surface area contributed by atoms with E-state index in [0.29, 0.717) is 5.02 Å². The van der Waals surface area contributed by atoms with Gasteiger partial charge in [-0.1, -0.05) is 24.9 Å². The third kappa shape index (κ3) is 2.45. The van der Waals surface area contributed by atoms with Crippen molar-refractivity contribution in [3.63, 3.8) is 0 Å². The van der Waals surface area contributed by atoms with Crippen molar-refractivity contribution in [2.75, 3.05) is 0 Å². The molecule has 92 valence electrons. The fourth-order valence-corrected chi connectivity index (χ4v) is 3.85. The van der Waals surface area contributed by atoms with E-state index in [4.69, 9.17) is 11.6 Å². The molecule has 0 amide bonds. The molecule has 1 fully saturated rings. The Morgan fingerprint density at radius 2 is 2.12 bits per heavy atom. The van der Waals surface area contributed by atoms with Crippen LogP contribution < -0.4 is 0 Å². The summed E-state index contributed by atoms with van der Waals surface area (Å²) in [6, 6.07) is 7.39. The van der Waals surface area contributed by atoms with Crippen LogP contribution in [0.25, 0.3) is 0 Å². The molecular weight excluding hydrogens is 256 g/mol. The van der Waals surface area contributed by atoms with E-state index in [1.807, 2.05) is 19.1 Å². The second kappa shape index (κ2) is 4.91. The molecule has 1 aliphatic rings. The van der Waals surface area contributed by atoms with Crippen molar-refractivity contribution in [2.24, 2.45) is 5.92 Å². The van der Waals surface area contributed by atoms with Crippen LogP contribution in [0.1, 0.15) is 26.2 Å². The van der Waals surface area contributed by atoms with Crippen molar-refractivity contribution < 1.29 is 9.90 Å². The van der Waals surface area contributed by atoms with Gasteiger partial charge in [-0.25, -0.2) is 0 Å². The predicted molar refractivity (Wildman–Crippen MR) is 70.7 cm³/mol. The summed E-state index contributed by atoms with van der Waals surface area (Å²) >= 11 is 7.29. The van der Waals surface area contributed by atoms with Gasteiger partial charge in [-0.2, -0.15) is 0 Å². The second-order valence-corrected chi connectivity index (χ2v) is 6.38. The van der Waals surface area contributed by atoms with Gasteiger partial charge in [-0.3, -0.25) is 4.79 Å². The lowest BCUT2D eigenvalue weighted by molar-refractivity contribution is -0.140. The third-order valence-corrected chi connectivity index (χ3v) is 5.36. The highest BCUT2D eigenvalue weighted by molar-refractivity contribution is 8.01. The summed E-state index contributed by atoms with van der Waals surface area (Å²) in [6.45, 7) is 2.03. The lowest BCUT2D eigenvalue weighted by Crippen LogP contribution is -2.37. The molecule has 1 aromatic carbocycles. The van der Waals surface area contributed by atoms with Crippen LogP contribution in [0.5, 0.6) is 0 Å². The molecule has 1 saturated carbocycles. The van der Waals surface area contributed by atoms with Crippen molar-refractivity contribution >= 4 is 29.3 Å². The normalized spacial score (nSPS) is 28.2. The highest BCUT2D eigenvalue weighted by Gasteiger charge is 2.47. The van der Waals surface area contributed by atoms with Gasteiger partial charge in [0.2, 0.25) is 0 Å². The average molecular weight is 271 g/mol. The standard InChI is InChI=1S/C13H15ClO2S/c1-9-3-2-8-13(9,12(15)16)17-11-6-4-10(14)5-7-11/h4-7,9H,2-3,8H2,1H3,(H,15,16). The maximum atomic E-state index is 11.6. The molecule has 1 aliphatic carbocycles. The van der Waals surface area contributed by atoms with E-state index in [9.17, 15) is 9.90 Å². The zero-order chi connectivity index (χ0) is 12.5. The molecule has 0 heterocycles. The first-order valence-electron chi connectivity index (χ1n) is 5.72. The lowest BCUT2D eigenvalue weighted by atomic mass is 9.97. The first-order chi connectivity index (χ1) is 8.04. The zero-order valence-electron chi connectivity index (χ0n) is 9.65. The number of halogens is 1. The van der Waals surface area contributed by atoms with Gasteiger partial charge in [-0.15, -0.1) is 11.8 Å². The van der Waals surface area contributed by atoms with Crippen LogP contribution in [-0.2, 0) is 4.79 Å². The number of hydrogen-bond donors (Lipinski definition) is 1. The van der Waals surface area contributed by atoms with E-state index in [0.717, 1.165) is 24.2 Å². The second-order valence-electron chi connectivity index (χ2n) is 4.54. The van der Waals surface area contributed by atoms with Gasteiger partial charge in [0.05, 0.1) is 0 Å². The molecule has 1 aromatic rings. The molecule has 0 spiro atoms. The Bertz CT molecular complexity index is 418. The third-order valence-electron chi connectivity index (χ3n) is 3.46. The van der Waals surface area contributed by atoms with Crippen LogP contribution in [0.3, 0.4) is 0 Å². The van der Waals surface area contributed by atoms with Gasteiger partial charge in [0.1, 0.15) is 4.75 Å². The quantitative estimate of drug-likeness (QED) is 0.899. The molecule has 0 aromatic heterocycles. The molecule has 4 heteroatoms. The SMILES string of the molecule is CC1CCCC1(Sc1ccc(Cl)cc1)C(=O)O. The van der Waals surface area contributed by atoms with E-state index < -0.39 is 10.7 Å². The smallest absolute Gasteiger partial charge is 0.320 e. The van der Waals surface area contributed by atoms with Crippen LogP contribution in [-0.4, -0.2) is 15.8 Å².